The normalized spacial score (nSPS) is 13.9. The molecule has 0 atom stereocenters. The van der Waals surface area contributed by atoms with E-state index in [9.17, 15) is 9.59 Å². The number of anilines is 1. The average molecular weight is 265 g/mol. The Labute approximate surface area is 107 Å². The first-order chi connectivity index (χ1) is 8.65. The Morgan fingerprint density at radius 1 is 1.17 bits per heavy atom. The van der Waals surface area contributed by atoms with Gasteiger partial charge in [-0.05, 0) is 24.3 Å². The van der Waals surface area contributed by atoms with Gasteiger partial charge >= 0.3 is 11.8 Å². The second-order valence-electron chi connectivity index (χ2n) is 3.49. The highest BCUT2D eigenvalue weighted by Crippen LogP contribution is 2.13. The Bertz CT molecular complexity index is 499. The molecule has 1 heterocycles. The molecule has 0 aliphatic carbocycles. The molecule has 0 bridgehead atoms. The van der Waals surface area contributed by atoms with Gasteiger partial charge in [0.05, 0.1) is 6.54 Å². The van der Waals surface area contributed by atoms with E-state index in [4.69, 9.17) is 5.11 Å². The summed E-state index contributed by atoms with van der Waals surface area (Å²) in [5.74, 6) is -0.615. The topological polar surface area (TPSA) is 90.8 Å². The lowest BCUT2D eigenvalue weighted by Gasteiger charge is -2.05. The van der Waals surface area contributed by atoms with Crippen LogP contribution in [0.2, 0.25) is 0 Å². The highest BCUT2D eigenvalue weighted by Gasteiger charge is 2.17. The Morgan fingerprint density at radius 2 is 1.83 bits per heavy atom. The van der Waals surface area contributed by atoms with Gasteiger partial charge in [-0.2, -0.15) is 0 Å². The van der Waals surface area contributed by atoms with Crippen molar-refractivity contribution >= 4 is 34.4 Å². The van der Waals surface area contributed by atoms with Crippen LogP contribution in [0.5, 0.6) is 5.75 Å². The van der Waals surface area contributed by atoms with Crippen molar-refractivity contribution in [1.29, 1.82) is 0 Å². The minimum Gasteiger partial charge on any atom is -0.508 e. The third-order valence-corrected chi connectivity index (χ3v) is 3.03. The number of amides is 2. The zero-order valence-corrected chi connectivity index (χ0v) is 10.2. The number of nitrogens with one attached hydrogen (secondary N) is 2. The van der Waals surface area contributed by atoms with E-state index in [1.807, 2.05) is 0 Å². The molecule has 0 aromatic heterocycles. The van der Waals surface area contributed by atoms with Crippen molar-refractivity contribution in [2.45, 2.75) is 0 Å². The van der Waals surface area contributed by atoms with Crippen LogP contribution in [0.15, 0.2) is 29.3 Å². The molecule has 0 unspecified atom stereocenters. The van der Waals surface area contributed by atoms with Gasteiger partial charge in [0.1, 0.15) is 5.75 Å². The Balaban J connectivity index is 1.90. The number of hydrogen-bond acceptors (Lipinski definition) is 5. The molecule has 1 aromatic carbocycles. The van der Waals surface area contributed by atoms with E-state index in [0.717, 1.165) is 5.75 Å². The fraction of sp³-hybridized carbons (Fsp3) is 0.182. The van der Waals surface area contributed by atoms with Gasteiger partial charge in [0, 0.05) is 11.4 Å². The summed E-state index contributed by atoms with van der Waals surface area (Å²) in [5.41, 5.74) is 0.439. The molecule has 2 rings (SSSR count). The number of aliphatic imine (C=N–C) groups is 1. The van der Waals surface area contributed by atoms with Crippen LogP contribution in [0.25, 0.3) is 0 Å². The van der Waals surface area contributed by atoms with E-state index in [0.29, 0.717) is 17.4 Å². The quantitative estimate of drug-likeness (QED) is 0.511. The molecule has 0 saturated carbocycles. The Kier molecular flexibility index (Phi) is 3.83. The zero-order valence-electron chi connectivity index (χ0n) is 9.34. The monoisotopic (exact) mass is 265 g/mol. The molecule has 1 aromatic rings. The van der Waals surface area contributed by atoms with Crippen LogP contribution < -0.4 is 10.6 Å². The number of phenolic OH excluding ortho intramolecular Hbond substituents is 1. The van der Waals surface area contributed by atoms with Gasteiger partial charge in [-0.25, -0.2) is 0 Å². The first-order valence-electron chi connectivity index (χ1n) is 5.24. The van der Waals surface area contributed by atoms with E-state index < -0.39 is 11.8 Å². The summed E-state index contributed by atoms with van der Waals surface area (Å²) in [6, 6.07) is 5.85. The molecule has 0 fully saturated rings. The van der Waals surface area contributed by atoms with Crippen molar-refractivity contribution in [2.75, 3.05) is 17.6 Å². The summed E-state index contributed by atoms with van der Waals surface area (Å²) in [4.78, 5) is 27.1. The van der Waals surface area contributed by atoms with E-state index in [2.05, 4.69) is 15.6 Å². The van der Waals surface area contributed by atoms with E-state index >= 15 is 0 Å². The number of carbonyl (C=O) groups is 2. The van der Waals surface area contributed by atoms with Crippen molar-refractivity contribution in [3.63, 3.8) is 0 Å². The number of phenols is 1. The van der Waals surface area contributed by atoms with Gasteiger partial charge in [-0.3, -0.25) is 19.9 Å². The molecule has 94 valence electrons. The number of hydrogen-bond donors (Lipinski definition) is 3. The minimum absolute atomic E-state index is 0.0918. The van der Waals surface area contributed by atoms with E-state index in [1.165, 1.54) is 36.0 Å². The molecule has 1 aliphatic heterocycles. The van der Waals surface area contributed by atoms with Crippen molar-refractivity contribution in [3.05, 3.63) is 24.3 Å². The maximum atomic E-state index is 11.5. The third kappa shape index (κ3) is 3.24. The van der Waals surface area contributed by atoms with Crippen LogP contribution >= 0.6 is 11.8 Å². The molecule has 0 spiro atoms. The number of carbonyl (C=O) groups excluding carboxylic acids is 2. The number of amidine groups is 1. The van der Waals surface area contributed by atoms with Gasteiger partial charge in [0.2, 0.25) is 0 Å². The molecule has 3 N–H and O–H groups in total. The first kappa shape index (κ1) is 12.4. The molecule has 1 aliphatic rings. The summed E-state index contributed by atoms with van der Waals surface area (Å²) in [6.07, 6.45) is 0. The van der Waals surface area contributed by atoms with Gasteiger partial charge in [0.25, 0.3) is 0 Å². The van der Waals surface area contributed by atoms with Gasteiger partial charge in [0.15, 0.2) is 5.17 Å². The molecule has 0 saturated heterocycles. The maximum Gasteiger partial charge on any atom is 0.315 e. The highest BCUT2D eigenvalue weighted by atomic mass is 32.2. The molecule has 7 heteroatoms. The SMILES string of the molecule is O=C(NC1=NCCS1)C(=O)Nc1ccc(O)cc1. The smallest absolute Gasteiger partial charge is 0.315 e. The third-order valence-electron chi connectivity index (χ3n) is 2.14. The standard InChI is InChI=1S/C11H11N3O3S/c15-8-3-1-7(2-4-8)13-9(16)10(17)14-11-12-5-6-18-11/h1-4,15H,5-6H2,(H,13,16)(H,12,14,17). The molecular weight excluding hydrogens is 254 g/mol. The fourth-order valence-electron chi connectivity index (χ4n) is 1.30. The van der Waals surface area contributed by atoms with E-state index in [1.54, 1.807) is 0 Å². The Hall–Kier alpha value is -2.02. The summed E-state index contributed by atoms with van der Waals surface area (Å²) >= 11 is 1.40. The van der Waals surface area contributed by atoms with Crippen molar-refractivity contribution in [3.8, 4) is 5.75 Å². The predicted octanol–water partition coefficient (Wildman–Crippen LogP) is 0.550. The lowest BCUT2D eigenvalue weighted by molar-refractivity contribution is -0.135. The lowest BCUT2D eigenvalue weighted by atomic mass is 10.3. The summed E-state index contributed by atoms with van der Waals surface area (Å²) in [7, 11) is 0. The lowest BCUT2D eigenvalue weighted by Crippen LogP contribution is -2.37. The van der Waals surface area contributed by atoms with Crippen LogP contribution in [-0.4, -0.2) is 34.4 Å². The second-order valence-corrected chi connectivity index (χ2v) is 4.57. The molecule has 2 amide bonds. The summed E-state index contributed by atoms with van der Waals surface area (Å²) in [6.45, 7) is 0.653. The van der Waals surface area contributed by atoms with Crippen LogP contribution in [0.3, 0.4) is 0 Å². The number of aromatic hydroxyl groups is 1. The summed E-state index contributed by atoms with van der Waals surface area (Å²) in [5, 5.41) is 14.4. The predicted molar refractivity (Wildman–Crippen MR) is 69.6 cm³/mol. The molecule has 0 radical (unpaired) electrons. The fourth-order valence-corrected chi connectivity index (χ4v) is 2.02. The van der Waals surface area contributed by atoms with Gasteiger partial charge in [-0.1, -0.05) is 11.8 Å². The first-order valence-corrected chi connectivity index (χ1v) is 6.22. The molecule has 18 heavy (non-hydrogen) atoms. The number of benzene rings is 1. The van der Waals surface area contributed by atoms with Crippen molar-refractivity contribution in [2.24, 2.45) is 4.99 Å². The number of nitrogens with zero attached hydrogens (tertiary/aromatic N) is 1. The van der Waals surface area contributed by atoms with Crippen molar-refractivity contribution < 1.29 is 14.7 Å². The van der Waals surface area contributed by atoms with Crippen LogP contribution in [0.4, 0.5) is 5.69 Å². The Morgan fingerprint density at radius 3 is 2.44 bits per heavy atom. The van der Waals surface area contributed by atoms with Crippen LogP contribution in [0.1, 0.15) is 0 Å². The number of rotatable bonds is 1. The maximum absolute atomic E-state index is 11.5. The summed E-state index contributed by atoms with van der Waals surface area (Å²) < 4.78 is 0. The highest BCUT2D eigenvalue weighted by molar-refractivity contribution is 8.14. The minimum atomic E-state index is -0.768. The van der Waals surface area contributed by atoms with Crippen LogP contribution in [0, 0.1) is 0 Å². The van der Waals surface area contributed by atoms with E-state index in [-0.39, 0.29) is 5.75 Å². The second kappa shape index (κ2) is 5.54. The van der Waals surface area contributed by atoms with Gasteiger partial charge < -0.3 is 10.4 Å². The van der Waals surface area contributed by atoms with Gasteiger partial charge in [-0.15, -0.1) is 0 Å². The largest absolute Gasteiger partial charge is 0.508 e. The average Bonchev–Trinajstić information content (AvgIpc) is 2.85. The zero-order chi connectivity index (χ0) is 13.0. The number of thioether (sulfide) groups is 1. The van der Waals surface area contributed by atoms with Crippen LogP contribution in [-0.2, 0) is 9.59 Å². The van der Waals surface area contributed by atoms with Crippen molar-refractivity contribution in [1.82, 2.24) is 5.32 Å². The molecular formula is C11H11N3O3S. The molecule has 6 nitrogen and oxygen atoms in total.